The molecule has 0 radical (unpaired) electrons. The van der Waals surface area contributed by atoms with Crippen LogP contribution in [0.25, 0.3) is 11.6 Å². The minimum atomic E-state index is -0.146. The lowest BCUT2D eigenvalue weighted by molar-refractivity contribution is 0.0768. The van der Waals surface area contributed by atoms with E-state index < -0.39 is 0 Å². The van der Waals surface area contributed by atoms with Crippen molar-refractivity contribution >= 4 is 29.3 Å². The van der Waals surface area contributed by atoms with E-state index in [4.69, 9.17) is 20.8 Å². The van der Waals surface area contributed by atoms with E-state index in [1.807, 2.05) is 6.26 Å². The average molecular weight is 418 g/mol. The van der Waals surface area contributed by atoms with Gasteiger partial charge in [0.1, 0.15) is 17.4 Å². The van der Waals surface area contributed by atoms with Crippen LogP contribution in [0.2, 0.25) is 5.02 Å². The van der Waals surface area contributed by atoms with Crippen molar-refractivity contribution in [3.05, 3.63) is 58.9 Å². The molecule has 28 heavy (non-hydrogen) atoms. The summed E-state index contributed by atoms with van der Waals surface area (Å²) in [6.45, 7) is 2.59. The molecule has 0 aliphatic rings. The molecule has 0 atom stereocenters. The summed E-state index contributed by atoms with van der Waals surface area (Å²) in [5.74, 6) is 1.60. The van der Waals surface area contributed by atoms with Crippen molar-refractivity contribution in [3.63, 3.8) is 0 Å². The standard InChI is InChI=1S/C20H20ClN3O3S/c1-13-17(19(28-3)23-18(22-13)16-5-4-11-27-16)20(25)24(2)10-12-26-15-8-6-14(21)7-9-15/h4-9,11H,10,12H2,1-3H3. The molecule has 8 heteroatoms. The molecule has 2 aromatic heterocycles. The maximum absolute atomic E-state index is 13.0. The smallest absolute Gasteiger partial charge is 0.258 e. The molecule has 146 valence electrons. The minimum Gasteiger partial charge on any atom is -0.492 e. The number of halogens is 1. The van der Waals surface area contributed by atoms with Crippen molar-refractivity contribution in [3.8, 4) is 17.3 Å². The van der Waals surface area contributed by atoms with Gasteiger partial charge in [0.15, 0.2) is 11.6 Å². The van der Waals surface area contributed by atoms with Gasteiger partial charge in [0.25, 0.3) is 5.91 Å². The number of amides is 1. The predicted octanol–water partition coefficient (Wildman–Crippen LogP) is 4.57. The van der Waals surface area contributed by atoms with Crippen molar-refractivity contribution in [2.24, 2.45) is 0 Å². The lowest BCUT2D eigenvalue weighted by Gasteiger charge is -2.20. The van der Waals surface area contributed by atoms with Crippen molar-refractivity contribution in [1.29, 1.82) is 0 Å². The Bertz CT molecular complexity index is 946. The number of furan rings is 1. The second-order valence-electron chi connectivity index (χ2n) is 6.02. The normalized spacial score (nSPS) is 10.7. The number of likely N-dealkylation sites (N-methyl/N-ethyl adjacent to an activating group) is 1. The SMILES string of the molecule is CSc1nc(-c2ccco2)nc(C)c1C(=O)N(C)CCOc1ccc(Cl)cc1. The number of hydrogen-bond donors (Lipinski definition) is 0. The van der Waals surface area contributed by atoms with Crippen LogP contribution in [0.15, 0.2) is 52.1 Å². The topological polar surface area (TPSA) is 68.5 Å². The highest BCUT2D eigenvalue weighted by atomic mass is 35.5. The third-order valence-electron chi connectivity index (χ3n) is 4.06. The van der Waals surface area contributed by atoms with E-state index in [-0.39, 0.29) is 5.91 Å². The molecule has 3 rings (SSSR count). The molecular weight excluding hydrogens is 398 g/mol. The first kappa shape index (κ1) is 20.2. The average Bonchev–Trinajstić information content (AvgIpc) is 3.23. The van der Waals surface area contributed by atoms with Crippen molar-refractivity contribution in [2.45, 2.75) is 11.9 Å². The Hall–Kier alpha value is -2.51. The van der Waals surface area contributed by atoms with Gasteiger partial charge in [-0.3, -0.25) is 4.79 Å². The van der Waals surface area contributed by atoms with E-state index in [9.17, 15) is 4.79 Å². The van der Waals surface area contributed by atoms with E-state index in [2.05, 4.69) is 9.97 Å². The second kappa shape index (κ2) is 9.12. The number of hydrogen-bond acceptors (Lipinski definition) is 6. The molecule has 0 saturated heterocycles. The highest BCUT2D eigenvalue weighted by Crippen LogP contribution is 2.26. The van der Waals surface area contributed by atoms with Crippen LogP contribution in [0.4, 0.5) is 0 Å². The fourth-order valence-electron chi connectivity index (χ4n) is 2.58. The fraction of sp³-hybridized carbons (Fsp3) is 0.250. The largest absolute Gasteiger partial charge is 0.492 e. The van der Waals surface area contributed by atoms with E-state index in [0.29, 0.717) is 51.8 Å². The highest BCUT2D eigenvalue weighted by Gasteiger charge is 2.22. The minimum absolute atomic E-state index is 0.146. The summed E-state index contributed by atoms with van der Waals surface area (Å²) < 4.78 is 11.0. The van der Waals surface area contributed by atoms with E-state index in [1.54, 1.807) is 61.5 Å². The lowest BCUT2D eigenvalue weighted by atomic mass is 10.2. The number of thioether (sulfide) groups is 1. The first-order chi connectivity index (χ1) is 13.5. The number of rotatable bonds is 7. The van der Waals surface area contributed by atoms with E-state index >= 15 is 0 Å². The molecule has 0 aliphatic carbocycles. The molecule has 0 aliphatic heterocycles. The van der Waals surface area contributed by atoms with Crippen molar-refractivity contribution in [2.75, 3.05) is 26.5 Å². The molecule has 1 aromatic carbocycles. The number of nitrogens with zero attached hydrogens (tertiary/aromatic N) is 3. The van der Waals surface area contributed by atoms with Gasteiger partial charge >= 0.3 is 0 Å². The zero-order chi connectivity index (χ0) is 20.1. The quantitative estimate of drug-likeness (QED) is 0.414. The van der Waals surface area contributed by atoms with Gasteiger partial charge in [-0.25, -0.2) is 9.97 Å². The maximum atomic E-state index is 13.0. The highest BCUT2D eigenvalue weighted by molar-refractivity contribution is 7.98. The Morgan fingerprint density at radius 1 is 1.25 bits per heavy atom. The molecule has 0 bridgehead atoms. The summed E-state index contributed by atoms with van der Waals surface area (Å²) in [6.07, 6.45) is 3.45. The third-order valence-corrected chi connectivity index (χ3v) is 5.00. The van der Waals surface area contributed by atoms with Gasteiger partial charge in [-0.1, -0.05) is 11.6 Å². The van der Waals surface area contributed by atoms with Crippen LogP contribution in [0.1, 0.15) is 16.1 Å². The monoisotopic (exact) mass is 417 g/mol. The Kier molecular flexibility index (Phi) is 6.59. The Balaban J connectivity index is 1.71. The van der Waals surface area contributed by atoms with Gasteiger partial charge in [0.2, 0.25) is 0 Å². The molecule has 0 saturated carbocycles. The van der Waals surface area contributed by atoms with Crippen LogP contribution >= 0.6 is 23.4 Å². The van der Waals surface area contributed by atoms with Crippen LogP contribution in [0.5, 0.6) is 5.75 Å². The van der Waals surface area contributed by atoms with Gasteiger partial charge in [0.05, 0.1) is 24.1 Å². The number of benzene rings is 1. The zero-order valence-electron chi connectivity index (χ0n) is 15.8. The van der Waals surface area contributed by atoms with Gasteiger partial charge in [-0.2, -0.15) is 0 Å². The van der Waals surface area contributed by atoms with E-state index in [0.717, 1.165) is 0 Å². The zero-order valence-corrected chi connectivity index (χ0v) is 17.4. The summed E-state index contributed by atoms with van der Waals surface area (Å²) in [7, 11) is 1.73. The van der Waals surface area contributed by atoms with Crippen LogP contribution in [0, 0.1) is 6.92 Å². The summed E-state index contributed by atoms with van der Waals surface area (Å²) in [6, 6.07) is 10.7. The summed E-state index contributed by atoms with van der Waals surface area (Å²) in [4.78, 5) is 23.5. The van der Waals surface area contributed by atoms with Crippen LogP contribution in [-0.4, -0.2) is 47.2 Å². The predicted molar refractivity (Wildman–Crippen MR) is 110 cm³/mol. The fourth-order valence-corrected chi connectivity index (χ4v) is 3.32. The van der Waals surface area contributed by atoms with E-state index in [1.165, 1.54) is 11.8 Å². The first-order valence-electron chi connectivity index (χ1n) is 8.60. The van der Waals surface area contributed by atoms with Crippen molar-refractivity contribution < 1.29 is 13.9 Å². The Morgan fingerprint density at radius 3 is 2.64 bits per heavy atom. The Morgan fingerprint density at radius 2 is 2.00 bits per heavy atom. The first-order valence-corrected chi connectivity index (χ1v) is 10.2. The number of aromatic nitrogens is 2. The molecule has 6 nitrogen and oxygen atoms in total. The molecule has 0 spiro atoms. The number of ether oxygens (including phenoxy) is 1. The molecule has 3 aromatic rings. The summed E-state index contributed by atoms with van der Waals surface area (Å²) in [5, 5.41) is 1.27. The van der Waals surface area contributed by atoms with Gasteiger partial charge in [-0.15, -0.1) is 11.8 Å². The number of carbonyl (C=O) groups excluding carboxylic acids is 1. The number of aryl methyl sites for hydroxylation is 1. The molecule has 1 amide bonds. The molecule has 0 unspecified atom stereocenters. The van der Waals surface area contributed by atoms with Crippen molar-refractivity contribution in [1.82, 2.24) is 14.9 Å². The van der Waals surface area contributed by atoms with Gasteiger partial charge in [-0.05, 0) is 49.6 Å². The van der Waals surface area contributed by atoms with Crippen LogP contribution < -0.4 is 4.74 Å². The third kappa shape index (κ3) is 4.66. The molecule has 0 N–H and O–H groups in total. The Labute approximate surface area is 172 Å². The molecule has 2 heterocycles. The second-order valence-corrected chi connectivity index (χ2v) is 7.25. The maximum Gasteiger partial charge on any atom is 0.258 e. The summed E-state index contributed by atoms with van der Waals surface area (Å²) in [5.41, 5.74) is 1.11. The van der Waals surface area contributed by atoms with Gasteiger partial charge in [0, 0.05) is 12.1 Å². The lowest BCUT2D eigenvalue weighted by Crippen LogP contribution is -2.32. The molecule has 0 fully saturated rings. The molecular formula is C20H20ClN3O3S. The summed E-state index contributed by atoms with van der Waals surface area (Å²) >= 11 is 7.27. The van der Waals surface area contributed by atoms with Crippen LogP contribution in [-0.2, 0) is 0 Å². The number of carbonyl (C=O) groups is 1. The van der Waals surface area contributed by atoms with Gasteiger partial charge < -0.3 is 14.1 Å². The van der Waals surface area contributed by atoms with Crippen LogP contribution in [0.3, 0.4) is 0 Å².